The Hall–Kier alpha value is -4.84. The van der Waals surface area contributed by atoms with Gasteiger partial charge >= 0.3 is 12.0 Å². The molecule has 0 aromatic carbocycles. The van der Waals surface area contributed by atoms with E-state index in [1.807, 2.05) is 11.8 Å². The molecule has 2 aliphatic rings. The fraction of sp³-hybridized carbons (Fsp3) is 0.714. The lowest BCUT2D eigenvalue weighted by atomic mass is 9.92. The molecule has 0 bridgehead atoms. The molecule has 0 saturated carbocycles. The van der Waals surface area contributed by atoms with E-state index in [0.29, 0.717) is 37.5 Å². The van der Waals surface area contributed by atoms with Gasteiger partial charge in [-0.1, -0.05) is 20.3 Å². The minimum Gasteiger partial charge on any atom is -0.481 e. The SMILES string of the molecule is CC(C)CC(CC(=O)NO)C(=O)N[C@@H](CS)C(=O)N[C@@H](CC(=O)O)C(=O)NCC(=O)NCC(=O)N[C@@H](CCCCNC(=O)CCCC[C@@H]1SC[C@@H]2NC(=O)N[C@@H]21)C(N)=O. The Balaban J connectivity index is 1.71. The normalized spacial score (nSPS) is 18.7. The zero-order valence-electron chi connectivity index (χ0n) is 33.1. The second-order valence-electron chi connectivity index (χ2n) is 14.7. The van der Waals surface area contributed by atoms with Crippen LogP contribution in [0, 0.1) is 11.8 Å². The van der Waals surface area contributed by atoms with Gasteiger partial charge in [0.1, 0.15) is 18.1 Å². The molecule has 0 aromatic heterocycles. The highest BCUT2D eigenvalue weighted by atomic mass is 32.2. The number of hydroxylamine groups is 1. The number of primary amides is 1. The molecular formula is C35H58N10O12S2. The van der Waals surface area contributed by atoms with Crippen molar-refractivity contribution >= 4 is 83.6 Å². The van der Waals surface area contributed by atoms with E-state index in [0.717, 1.165) is 18.6 Å². The number of aliphatic carboxylic acids is 1. The van der Waals surface area contributed by atoms with E-state index in [9.17, 15) is 53.1 Å². The molecule has 2 heterocycles. The minimum absolute atomic E-state index is 0.0356. The molecule has 13 N–H and O–H groups in total. The number of hydrogen-bond acceptors (Lipinski definition) is 13. The van der Waals surface area contributed by atoms with E-state index in [2.05, 4.69) is 55.2 Å². The summed E-state index contributed by atoms with van der Waals surface area (Å²) in [6, 6.07) is -3.95. The molecule has 0 radical (unpaired) electrons. The summed E-state index contributed by atoms with van der Waals surface area (Å²) < 4.78 is 0. The van der Waals surface area contributed by atoms with Crippen LogP contribution in [0.3, 0.4) is 0 Å². The molecule has 2 rings (SSSR count). The molecule has 2 saturated heterocycles. The number of rotatable bonds is 28. The van der Waals surface area contributed by atoms with Gasteiger partial charge in [0.15, 0.2) is 0 Å². The first kappa shape index (κ1) is 50.3. The van der Waals surface area contributed by atoms with Crippen LogP contribution >= 0.6 is 24.4 Å². The fourth-order valence-electron chi connectivity index (χ4n) is 6.39. The number of nitrogens with two attached hydrogens (primary N) is 1. The maximum Gasteiger partial charge on any atom is 0.315 e. The van der Waals surface area contributed by atoms with Crippen LogP contribution in [0.15, 0.2) is 0 Å². The van der Waals surface area contributed by atoms with E-state index in [4.69, 9.17) is 10.9 Å². The zero-order valence-corrected chi connectivity index (χ0v) is 34.8. The average molecular weight is 875 g/mol. The summed E-state index contributed by atoms with van der Waals surface area (Å²) in [6.07, 6.45) is 2.89. The van der Waals surface area contributed by atoms with Gasteiger partial charge < -0.3 is 53.4 Å². The molecule has 24 heteroatoms. The lowest BCUT2D eigenvalue weighted by Gasteiger charge is -2.24. The number of urea groups is 1. The molecule has 2 fully saturated rings. The predicted molar refractivity (Wildman–Crippen MR) is 215 cm³/mol. The molecule has 0 aromatic rings. The number of carbonyl (C=O) groups excluding carboxylic acids is 9. The van der Waals surface area contributed by atoms with Gasteiger partial charge in [-0.15, -0.1) is 0 Å². The highest BCUT2D eigenvalue weighted by Crippen LogP contribution is 2.33. The standard InChI is InChI=1S/C35H58N10O12S2/c1-18(2)11-19(12-26(47)45-57)32(53)42-22(16-58)34(55)41-21(13-29(50)51)33(54)39-14-27(48)38-15-28(49)40-20(31(36)52)7-5-6-10-37-25(46)9-4-3-8-24-30-23(17-59-24)43-35(56)44-30/h18-24,30,57-58H,3-17H2,1-2H3,(H2,36,52)(H,37,46)(H,38,48)(H,39,54)(H,40,49)(H,41,55)(H,42,53)(H,45,47)(H,50,51)(H2,43,44,56)/t19?,20-,21-,22-,23-,24-,30-/m0/s1. The zero-order chi connectivity index (χ0) is 44.1. The number of hydrogen-bond donors (Lipinski definition) is 13. The molecule has 2 aliphatic heterocycles. The lowest BCUT2D eigenvalue weighted by Crippen LogP contribution is -2.56. The third-order valence-corrected chi connectivity index (χ3v) is 11.3. The molecule has 1 unspecified atom stereocenters. The van der Waals surface area contributed by atoms with Gasteiger partial charge in [-0.3, -0.25) is 48.4 Å². The average Bonchev–Trinajstić information content (AvgIpc) is 3.73. The van der Waals surface area contributed by atoms with Crippen molar-refractivity contribution in [2.75, 3.05) is 31.1 Å². The maximum atomic E-state index is 13.0. The Morgan fingerprint density at radius 3 is 2.14 bits per heavy atom. The van der Waals surface area contributed by atoms with Crippen LogP contribution in [0.2, 0.25) is 0 Å². The summed E-state index contributed by atoms with van der Waals surface area (Å²) in [5, 5.41) is 38.6. The van der Waals surface area contributed by atoms with Crippen molar-refractivity contribution in [2.45, 2.75) is 114 Å². The van der Waals surface area contributed by atoms with Crippen LogP contribution < -0.4 is 53.7 Å². The highest BCUT2D eigenvalue weighted by Gasteiger charge is 2.42. The monoisotopic (exact) mass is 874 g/mol. The number of carboxylic acids is 1. The fourth-order valence-corrected chi connectivity index (χ4v) is 8.19. The van der Waals surface area contributed by atoms with Gasteiger partial charge in [-0.2, -0.15) is 24.4 Å². The predicted octanol–water partition coefficient (Wildman–Crippen LogP) is -2.87. The number of fused-ring (bicyclic) bond motifs is 1. The molecule has 10 amide bonds. The van der Waals surface area contributed by atoms with Crippen molar-refractivity contribution in [3.05, 3.63) is 0 Å². The van der Waals surface area contributed by atoms with Crippen molar-refractivity contribution in [1.82, 2.24) is 48.0 Å². The van der Waals surface area contributed by atoms with Gasteiger partial charge in [0.05, 0.1) is 31.6 Å². The van der Waals surface area contributed by atoms with Crippen molar-refractivity contribution in [1.29, 1.82) is 0 Å². The van der Waals surface area contributed by atoms with Crippen LogP contribution in [0.4, 0.5) is 4.79 Å². The molecule has 59 heavy (non-hydrogen) atoms. The molecule has 332 valence electrons. The van der Waals surface area contributed by atoms with Gasteiger partial charge in [-0.25, -0.2) is 10.3 Å². The van der Waals surface area contributed by atoms with Crippen LogP contribution in [0.25, 0.3) is 0 Å². The topological polar surface area (TPSA) is 345 Å². The van der Waals surface area contributed by atoms with Crippen LogP contribution in [0.5, 0.6) is 0 Å². The van der Waals surface area contributed by atoms with Crippen molar-refractivity contribution in [3.8, 4) is 0 Å². The van der Waals surface area contributed by atoms with Crippen LogP contribution in [0.1, 0.15) is 78.1 Å². The molecule has 7 atom stereocenters. The Morgan fingerprint density at radius 2 is 1.49 bits per heavy atom. The number of carbonyl (C=O) groups is 10. The summed E-state index contributed by atoms with van der Waals surface area (Å²) >= 11 is 5.88. The highest BCUT2D eigenvalue weighted by molar-refractivity contribution is 8.00. The number of amides is 10. The lowest BCUT2D eigenvalue weighted by molar-refractivity contribution is -0.141. The first-order valence-electron chi connectivity index (χ1n) is 19.4. The second kappa shape index (κ2) is 26.3. The van der Waals surface area contributed by atoms with Gasteiger partial charge in [0, 0.05) is 42.1 Å². The quantitative estimate of drug-likeness (QED) is 0.0124. The minimum atomic E-state index is -1.69. The number of thioether (sulfide) groups is 1. The smallest absolute Gasteiger partial charge is 0.315 e. The summed E-state index contributed by atoms with van der Waals surface area (Å²) in [7, 11) is 0. The Morgan fingerprint density at radius 1 is 0.797 bits per heavy atom. The molecular weight excluding hydrogens is 817 g/mol. The number of nitrogens with one attached hydrogen (secondary N) is 9. The summed E-state index contributed by atoms with van der Waals surface area (Å²) in [4.78, 5) is 122. The molecule has 0 aliphatic carbocycles. The Bertz CT molecular complexity index is 1520. The van der Waals surface area contributed by atoms with Crippen molar-refractivity contribution in [3.63, 3.8) is 0 Å². The number of unbranched alkanes of at least 4 members (excludes halogenated alkanes) is 2. The van der Waals surface area contributed by atoms with E-state index in [1.54, 1.807) is 13.8 Å². The first-order chi connectivity index (χ1) is 27.9. The van der Waals surface area contributed by atoms with Gasteiger partial charge in [0.2, 0.25) is 47.3 Å². The van der Waals surface area contributed by atoms with Crippen LogP contribution in [-0.2, 0) is 43.2 Å². The van der Waals surface area contributed by atoms with E-state index in [1.165, 1.54) is 5.48 Å². The summed E-state index contributed by atoms with van der Waals surface area (Å²) in [5.74, 6) is -7.95. The summed E-state index contributed by atoms with van der Waals surface area (Å²) in [5.41, 5.74) is 6.88. The van der Waals surface area contributed by atoms with Gasteiger partial charge in [-0.05, 0) is 44.4 Å². The van der Waals surface area contributed by atoms with E-state index < -0.39 is 90.9 Å². The van der Waals surface area contributed by atoms with Crippen molar-refractivity contribution < 1.29 is 58.3 Å². The van der Waals surface area contributed by atoms with Gasteiger partial charge in [0.25, 0.3) is 0 Å². The molecule has 0 spiro atoms. The number of thiol groups is 1. The maximum absolute atomic E-state index is 13.0. The Labute approximate surface area is 351 Å². The van der Waals surface area contributed by atoms with Crippen molar-refractivity contribution in [2.24, 2.45) is 17.6 Å². The summed E-state index contributed by atoms with van der Waals surface area (Å²) in [6.45, 7) is 2.63. The third-order valence-electron chi connectivity index (χ3n) is 9.38. The Kier molecular flexibility index (Phi) is 22.4. The first-order valence-corrected chi connectivity index (χ1v) is 21.1. The largest absolute Gasteiger partial charge is 0.481 e. The van der Waals surface area contributed by atoms with Crippen LogP contribution in [-0.4, -0.2) is 136 Å². The van der Waals surface area contributed by atoms with E-state index >= 15 is 0 Å². The van der Waals surface area contributed by atoms with E-state index in [-0.39, 0.29) is 55.0 Å². The number of carboxylic acid groups (broad SMARTS) is 1. The second-order valence-corrected chi connectivity index (χ2v) is 16.3. The molecule has 22 nitrogen and oxygen atoms in total. The third kappa shape index (κ3) is 19.2.